The Bertz CT molecular complexity index is 997. The van der Waals surface area contributed by atoms with Gasteiger partial charge in [0.2, 0.25) is 0 Å². The smallest absolute Gasteiger partial charge is 0.282 e. The van der Waals surface area contributed by atoms with E-state index in [1.807, 2.05) is 42.2 Å². The summed E-state index contributed by atoms with van der Waals surface area (Å²) in [5.41, 5.74) is 3.06. The van der Waals surface area contributed by atoms with Crippen molar-refractivity contribution in [2.45, 2.75) is 19.8 Å². The van der Waals surface area contributed by atoms with Gasteiger partial charge in [-0.2, -0.15) is 0 Å². The summed E-state index contributed by atoms with van der Waals surface area (Å²) in [6.45, 7) is 3.26. The van der Waals surface area contributed by atoms with Crippen LogP contribution in [0.3, 0.4) is 0 Å². The number of nitrogens with zero attached hydrogens (tertiary/aromatic N) is 2. The minimum absolute atomic E-state index is 0.0748. The fourth-order valence-corrected chi connectivity index (χ4v) is 4.25. The molecule has 1 saturated heterocycles. The molecule has 156 valence electrons. The van der Waals surface area contributed by atoms with Gasteiger partial charge in [0.25, 0.3) is 11.8 Å². The molecule has 0 aliphatic carbocycles. The lowest BCUT2D eigenvalue weighted by molar-refractivity contribution is -0.120. The number of benzene rings is 2. The van der Waals surface area contributed by atoms with E-state index in [0.717, 1.165) is 18.4 Å². The molecule has 4 rings (SSSR count). The standard InChI is InChI=1S/C24H26N2O4/c1-16-5-3-7-19(13-16)26-23(28)21(18-8-10-20(30-2)11-9-18)22(24(26)29)25-12-4-6-17(14-25)15-27/h3,5,7-11,13,17,27H,4,6,12,14-15H2,1-2H3. The van der Waals surface area contributed by atoms with Gasteiger partial charge in [-0.3, -0.25) is 9.59 Å². The number of likely N-dealkylation sites (tertiary alicyclic amines) is 1. The molecule has 2 aliphatic heterocycles. The molecule has 6 nitrogen and oxygen atoms in total. The highest BCUT2D eigenvalue weighted by Crippen LogP contribution is 2.37. The first-order chi connectivity index (χ1) is 14.5. The lowest BCUT2D eigenvalue weighted by Gasteiger charge is -2.34. The van der Waals surface area contributed by atoms with E-state index in [4.69, 9.17) is 4.74 Å². The molecule has 2 aromatic rings. The van der Waals surface area contributed by atoms with Crippen molar-refractivity contribution in [2.75, 3.05) is 31.7 Å². The molecule has 1 unspecified atom stereocenters. The number of carbonyl (C=O) groups is 2. The van der Waals surface area contributed by atoms with Crippen LogP contribution in [0, 0.1) is 12.8 Å². The van der Waals surface area contributed by atoms with Gasteiger partial charge in [0, 0.05) is 19.7 Å². The number of anilines is 1. The number of hydrogen-bond donors (Lipinski definition) is 1. The first-order valence-corrected chi connectivity index (χ1v) is 10.2. The van der Waals surface area contributed by atoms with E-state index in [-0.39, 0.29) is 24.3 Å². The normalized spacial score (nSPS) is 19.6. The van der Waals surface area contributed by atoms with Crippen molar-refractivity contribution in [1.29, 1.82) is 0 Å². The molecule has 1 N–H and O–H groups in total. The Kier molecular flexibility index (Phi) is 5.59. The van der Waals surface area contributed by atoms with Crippen LogP contribution in [-0.4, -0.2) is 48.6 Å². The quantitative estimate of drug-likeness (QED) is 0.773. The van der Waals surface area contributed by atoms with Crippen LogP contribution in [0.5, 0.6) is 5.75 Å². The fraction of sp³-hybridized carbons (Fsp3) is 0.333. The Morgan fingerprint density at radius 1 is 1.10 bits per heavy atom. The average molecular weight is 406 g/mol. The summed E-state index contributed by atoms with van der Waals surface area (Å²) in [5, 5.41) is 9.65. The Balaban J connectivity index is 1.81. The van der Waals surface area contributed by atoms with Crippen molar-refractivity contribution in [2.24, 2.45) is 5.92 Å². The molecule has 0 radical (unpaired) electrons. The molecule has 0 aromatic heterocycles. The van der Waals surface area contributed by atoms with E-state index >= 15 is 0 Å². The van der Waals surface area contributed by atoms with Crippen LogP contribution in [0.2, 0.25) is 0 Å². The highest BCUT2D eigenvalue weighted by atomic mass is 16.5. The van der Waals surface area contributed by atoms with Crippen molar-refractivity contribution in [3.05, 3.63) is 65.4 Å². The summed E-state index contributed by atoms with van der Waals surface area (Å²) in [4.78, 5) is 30.3. The minimum Gasteiger partial charge on any atom is -0.497 e. The predicted molar refractivity (Wildman–Crippen MR) is 115 cm³/mol. The number of imide groups is 1. The Labute approximate surface area is 176 Å². The largest absolute Gasteiger partial charge is 0.497 e. The number of amides is 2. The van der Waals surface area contributed by atoms with Crippen LogP contribution in [0.25, 0.3) is 5.57 Å². The molecular formula is C24H26N2O4. The van der Waals surface area contributed by atoms with Crippen molar-refractivity contribution in [3.63, 3.8) is 0 Å². The fourth-order valence-electron chi connectivity index (χ4n) is 4.25. The first-order valence-electron chi connectivity index (χ1n) is 10.2. The van der Waals surface area contributed by atoms with Gasteiger partial charge in [-0.25, -0.2) is 4.90 Å². The number of aryl methyl sites for hydroxylation is 1. The molecule has 0 spiro atoms. The second-order valence-corrected chi connectivity index (χ2v) is 7.87. The van der Waals surface area contributed by atoms with Crippen LogP contribution in [-0.2, 0) is 9.59 Å². The zero-order valence-electron chi connectivity index (χ0n) is 17.3. The van der Waals surface area contributed by atoms with Crippen molar-refractivity contribution in [3.8, 4) is 5.75 Å². The number of rotatable bonds is 5. The Hall–Kier alpha value is -3.12. The monoisotopic (exact) mass is 406 g/mol. The number of piperidine rings is 1. The Morgan fingerprint density at radius 3 is 2.53 bits per heavy atom. The van der Waals surface area contributed by atoms with Crippen LogP contribution in [0.1, 0.15) is 24.0 Å². The van der Waals surface area contributed by atoms with Crippen molar-refractivity contribution in [1.82, 2.24) is 4.90 Å². The van der Waals surface area contributed by atoms with E-state index in [1.54, 1.807) is 25.3 Å². The third kappa shape index (κ3) is 3.59. The maximum Gasteiger partial charge on any atom is 0.282 e. The van der Waals surface area contributed by atoms with Gasteiger partial charge in [0.1, 0.15) is 11.4 Å². The van der Waals surface area contributed by atoms with Gasteiger partial charge in [-0.1, -0.05) is 24.3 Å². The SMILES string of the molecule is COc1ccc(C2=C(N3CCCC(CO)C3)C(=O)N(c3cccc(C)c3)C2=O)cc1. The molecule has 1 atom stereocenters. The van der Waals surface area contributed by atoms with Crippen LogP contribution >= 0.6 is 0 Å². The molecule has 0 bridgehead atoms. The number of aliphatic hydroxyl groups is 1. The van der Waals surface area contributed by atoms with E-state index in [9.17, 15) is 14.7 Å². The molecule has 2 aromatic carbocycles. The van der Waals surface area contributed by atoms with Crippen LogP contribution < -0.4 is 9.64 Å². The van der Waals surface area contributed by atoms with E-state index in [2.05, 4.69) is 0 Å². The number of ether oxygens (including phenoxy) is 1. The third-order valence-corrected chi connectivity index (χ3v) is 5.79. The molecule has 6 heteroatoms. The molecule has 2 aliphatic rings. The van der Waals surface area contributed by atoms with Crippen molar-refractivity contribution >= 4 is 23.1 Å². The van der Waals surface area contributed by atoms with E-state index in [1.165, 1.54) is 4.90 Å². The highest BCUT2D eigenvalue weighted by Gasteiger charge is 2.43. The summed E-state index contributed by atoms with van der Waals surface area (Å²) in [6.07, 6.45) is 1.79. The summed E-state index contributed by atoms with van der Waals surface area (Å²) in [5.74, 6) is 0.151. The maximum absolute atomic E-state index is 13.5. The Morgan fingerprint density at radius 2 is 1.87 bits per heavy atom. The average Bonchev–Trinajstić information content (AvgIpc) is 3.03. The van der Waals surface area contributed by atoms with Gasteiger partial charge in [-0.05, 0) is 61.1 Å². The topological polar surface area (TPSA) is 70.1 Å². The molecular weight excluding hydrogens is 380 g/mol. The zero-order valence-corrected chi connectivity index (χ0v) is 17.3. The van der Waals surface area contributed by atoms with E-state index < -0.39 is 0 Å². The number of methoxy groups -OCH3 is 1. The predicted octanol–water partition coefficient (Wildman–Crippen LogP) is 2.99. The molecule has 30 heavy (non-hydrogen) atoms. The number of aliphatic hydroxyl groups excluding tert-OH is 1. The lowest BCUT2D eigenvalue weighted by Crippen LogP contribution is -2.40. The second-order valence-electron chi connectivity index (χ2n) is 7.87. The van der Waals surface area contributed by atoms with E-state index in [0.29, 0.717) is 41.4 Å². The van der Waals surface area contributed by atoms with Crippen LogP contribution in [0.15, 0.2) is 54.2 Å². The van der Waals surface area contributed by atoms with Gasteiger partial charge in [-0.15, -0.1) is 0 Å². The number of hydrogen-bond acceptors (Lipinski definition) is 5. The first kappa shape index (κ1) is 20.2. The maximum atomic E-state index is 13.5. The molecule has 2 heterocycles. The van der Waals surface area contributed by atoms with Gasteiger partial charge in [0.15, 0.2) is 0 Å². The summed E-state index contributed by atoms with van der Waals surface area (Å²) < 4.78 is 5.24. The van der Waals surface area contributed by atoms with Crippen LogP contribution in [0.4, 0.5) is 5.69 Å². The summed E-state index contributed by atoms with van der Waals surface area (Å²) in [6, 6.07) is 14.6. The minimum atomic E-state index is -0.322. The summed E-state index contributed by atoms with van der Waals surface area (Å²) >= 11 is 0. The molecule has 2 amide bonds. The van der Waals surface area contributed by atoms with Gasteiger partial charge in [0.05, 0.1) is 18.4 Å². The molecule has 0 saturated carbocycles. The van der Waals surface area contributed by atoms with Gasteiger partial charge < -0.3 is 14.7 Å². The summed E-state index contributed by atoms with van der Waals surface area (Å²) in [7, 11) is 1.59. The van der Waals surface area contributed by atoms with Gasteiger partial charge >= 0.3 is 0 Å². The molecule has 1 fully saturated rings. The second kappa shape index (κ2) is 8.32. The van der Waals surface area contributed by atoms with Crippen molar-refractivity contribution < 1.29 is 19.4 Å². The third-order valence-electron chi connectivity index (χ3n) is 5.79. The number of carbonyl (C=O) groups excluding carboxylic acids is 2. The zero-order chi connectivity index (χ0) is 21.3. The highest BCUT2D eigenvalue weighted by molar-refractivity contribution is 6.45. The lowest BCUT2D eigenvalue weighted by atomic mass is 9.97.